The van der Waals surface area contributed by atoms with E-state index in [0.29, 0.717) is 5.56 Å². The smallest absolute Gasteiger partial charge is 0.277 e. The standard InChI is InChI=1S/C17H27N3O.C7H8O3S/c1-4-5-6-7-8-9-11-15(2)18-19-17(21)16-12-10-13-20(3)14-16;1-6-2-4-7(5-3-6)11(8,9)10/h10,12-14H,4-9,11H2,1-3H3;2-5H,1H3,(H,8,9,10)/b18-15-;. The van der Waals surface area contributed by atoms with E-state index in [9.17, 15) is 17.8 Å². The number of hydrazone groups is 1. The molecule has 1 amide bonds. The van der Waals surface area contributed by atoms with Crippen molar-refractivity contribution in [1.82, 2.24) is 5.43 Å². The Labute approximate surface area is 192 Å². The minimum absolute atomic E-state index is 0.159. The quantitative estimate of drug-likeness (QED) is 0.188. The molecule has 0 atom stereocenters. The minimum atomic E-state index is -4.27. The van der Waals surface area contributed by atoms with E-state index < -0.39 is 10.1 Å². The predicted molar refractivity (Wildman–Crippen MR) is 125 cm³/mol. The molecular weight excluding hydrogens is 426 g/mol. The van der Waals surface area contributed by atoms with E-state index in [0.717, 1.165) is 24.1 Å². The number of aryl methyl sites for hydroxylation is 2. The average molecular weight is 462 g/mol. The van der Waals surface area contributed by atoms with Gasteiger partial charge in [0.2, 0.25) is 0 Å². The monoisotopic (exact) mass is 461 g/mol. The summed E-state index contributed by atoms with van der Waals surface area (Å²) in [5.41, 5.74) is 5.16. The van der Waals surface area contributed by atoms with Crippen molar-refractivity contribution >= 4 is 21.7 Å². The lowest BCUT2D eigenvalue weighted by Crippen LogP contribution is -2.30. The number of carbonyl (C=O) groups is 1. The third-order valence-electron chi connectivity index (χ3n) is 4.75. The second-order valence-electron chi connectivity index (χ2n) is 7.83. The normalized spacial score (nSPS) is 11.5. The number of nitrogens with zero attached hydrogens (tertiary/aromatic N) is 2. The van der Waals surface area contributed by atoms with Gasteiger partial charge < -0.3 is 4.55 Å². The molecule has 8 heteroatoms. The van der Waals surface area contributed by atoms with Gasteiger partial charge in [-0.3, -0.25) is 4.79 Å². The van der Waals surface area contributed by atoms with Gasteiger partial charge in [0.1, 0.15) is 22.7 Å². The molecule has 1 heterocycles. The van der Waals surface area contributed by atoms with Gasteiger partial charge in [-0.1, -0.05) is 56.7 Å². The lowest BCUT2D eigenvalue weighted by molar-refractivity contribution is -0.671. The second-order valence-corrected chi connectivity index (χ2v) is 9.21. The number of rotatable bonds is 10. The maximum Gasteiger partial charge on any atom is 0.277 e. The van der Waals surface area contributed by atoms with E-state index in [-0.39, 0.29) is 10.8 Å². The largest absolute Gasteiger partial charge is 0.744 e. The molecule has 176 valence electrons. The minimum Gasteiger partial charge on any atom is -0.744 e. The summed E-state index contributed by atoms with van der Waals surface area (Å²) in [6.07, 6.45) is 12.3. The average Bonchev–Trinajstić information content (AvgIpc) is 2.74. The van der Waals surface area contributed by atoms with Gasteiger partial charge in [0.25, 0.3) is 5.91 Å². The van der Waals surface area contributed by atoms with Gasteiger partial charge in [0.15, 0.2) is 12.4 Å². The highest BCUT2D eigenvalue weighted by molar-refractivity contribution is 7.85. The zero-order valence-electron chi connectivity index (χ0n) is 19.5. The third-order valence-corrected chi connectivity index (χ3v) is 5.60. The number of nitrogens with one attached hydrogen (secondary N) is 1. The predicted octanol–water partition coefficient (Wildman–Crippen LogP) is 4.27. The summed E-state index contributed by atoms with van der Waals surface area (Å²) in [4.78, 5) is 11.7. The lowest BCUT2D eigenvalue weighted by atomic mass is 10.1. The van der Waals surface area contributed by atoms with Crippen LogP contribution in [0, 0.1) is 6.92 Å². The van der Waals surface area contributed by atoms with Gasteiger partial charge >= 0.3 is 0 Å². The molecule has 0 fully saturated rings. The Balaban J connectivity index is 0.000000389. The molecule has 1 N–H and O–H groups in total. The fourth-order valence-corrected chi connectivity index (χ4v) is 3.32. The highest BCUT2D eigenvalue weighted by Crippen LogP contribution is 2.09. The molecule has 1 aromatic heterocycles. The number of unbranched alkanes of at least 4 members (excludes halogenated alkanes) is 5. The molecule has 0 saturated carbocycles. The van der Waals surface area contributed by atoms with Crippen LogP contribution in [0.2, 0.25) is 0 Å². The Kier molecular flexibility index (Phi) is 12.4. The number of aromatic nitrogens is 1. The molecule has 0 aliphatic rings. The third kappa shape index (κ3) is 11.7. The number of hydrogen-bond donors (Lipinski definition) is 1. The molecule has 32 heavy (non-hydrogen) atoms. The van der Waals surface area contributed by atoms with Crippen LogP contribution in [0.25, 0.3) is 0 Å². The van der Waals surface area contributed by atoms with E-state index in [4.69, 9.17) is 0 Å². The summed E-state index contributed by atoms with van der Waals surface area (Å²) in [5, 5.41) is 4.17. The molecule has 0 aliphatic carbocycles. The van der Waals surface area contributed by atoms with Crippen LogP contribution < -0.4 is 9.99 Å². The van der Waals surface area contributed by atoms with Crippen molar-refractivity contribution in [3.63, 3.8) is 0 Å². The molecule has 2 rings (SSSR count). The summed E-state index contributed by atoms with van der Waals surface area (Å²) >= 11 is 0. The van der Waals surface area contributed by atoms with Crippen molar-refractivity contribution in [2.45, 2.75) is 70.6 Å². The van der Waals surface area contributed by atoms with Crippen LogP contribution in [0.5, 0.6) is 0 Å². The van der Waals surface area contributed by atoms with Crippen LogP contribution in [-0.4, -0.2) is 24.6 Å². The molecule has 0 bridgehead atoms. The highest BCUT2D eigenvalue weighted by Gasteiger charge is 2.07. The van der Waals surface area contributed by atoms with Crippen LogP contribution in [0.3, 0.4) is 0 Å². The first-order chi connectivity index (χ1) is 15.1. The van der Waals surface area contributed by atoms with Crippen LogP contribution >= 0.6 is 0 Å². The zero-order valence-corrected chi connectivity index (χ0v) is 20.3. The summed E-state index contributed by atoms with van der Waals surface area (Å²) in [6, 6.07) is 9.42. The molecule has 0 radical (unpaired) electrons. The van der Waals surface area contributed by atoms with Crippen molar-refractivity contribution < 1.29 is 22.3 Å². The maximum absolute atomic E-state index is 11.9. The molecule has 0 aliphatic heterocycles. The Bertz CT molecular complexity index is 971. The van der Waals surface area contributed by atoms with Gasteiger partial charge in [0.05, 0.1) is 4.90 Å². The first kappa shape index (κ1) is 27.5. The van der Waals surface area contributed by atoms with Gasteiger partial charge in [-0.15, -0.1) is 0 Å². The van der Waals surface area contributed by atoms with Crippen molar-refractivity contribution in [3.05, 3.63) is 59.9 Å². The molecule has 2 aromatic rings. The summed E-state index contributed by atoms with van der Waals surface area (Å²) < 4.78 is 33.0. The Morgan fingerprint density at radius 3 is 2.28 bits per heavy atom. The SMILES string of the molecule is CCCCCCCC/C(C)=N\NC(=O)c1ccc[n+](C)c1.Cc1ccc(S(=O)(=O)[O-])cc1. The molecule has 0 unspecified atom stereocenters. The maximum atomic E-state index is 11.9. The Morgan fingerprint density at radius 1 is 1.06 bits per heavy atom. The van der Waals surface area contributed by atoms with Crippen molar-refractivity contribution in [1.29, 1.82) is 0 Å². The topological polar surface area (TPSA) is 103 Å². The van der Waals surface area contributed by atoms with Crippen molar-refractivity contribution in [3.8, 4) is 0 Å². The van der Waals surface area contributed by atoms with Gasteiger partial charge in [-0.05, 0) is 44.9 Å². The van der Waals surface area contributed by atoms with Gasteiger partial charge in [-0.2, -0.15) is 5.10 Å². The molecule has 0 spiro atoms. The zero-order chi connectivity index (χ0) is 24.0. The Hall–Kier alpha value is -2.58. The van der Waals surface area contributed by atoms with E-state index >= 15 is 0 Å². The molecule has 7 nitrogen and oxygen atoms in total. The van der Waals surface area contributed by atoms with Gasteiger partial charge in [-0.25, -0.2) is 18.4 Å². The fraction of sp³-hybridized carbons (Fsp3) is 0.458. The van der Waals surface area contributed by atoms with Crippen LogP contribution in [0.15, 0.2) is 58.8 Å². The van der Waals surface area contributed by atoms with Crippen molar-refractivity contribution in [2.24, 2.45) is 12.1 Å². The number of amides is 1. The Morgan fingerprint density at radius 2 is 1.69 bits per heavy atom. The fourth-order valence-electron chi connectivity index (χ4n) is 2.85. The first-order valence-corrected chi connectivity index (χ1v) is 12.4. The summed E-state index contributed by atoms with van der Waals surface area (Å²) in [7, 11) is -2.38. The molecular formula is C24H35N3O4S. The van der Waals surface area contributed by atoms with E-state index in [2.05, 4.69) is 17.5 Å². The number of pyridine rings is 1. The van der Waals surface area contributed by atoms with Crippen LogP contribution in [-0.2, 0) is 17.2 Å². The van der Waals surface area contributed by atoms with E-state index in [1.807, 2.05) is 37.7 Å². The molecule has 1 aromatic carbocycles. The van der Waals surface area contributed by atoms with Crippen LogP contribution in [0.1, 0.15) is 74.7 Å². The lowest BCUT2D eigenvalue weighted by Gasteiger charge is -2.05. The van der Waals surface area contributed by atoms with E-state index in [1.54, 1.807) is 24.4 Å². The van der Waals surface area contributed by atoms with E-state index in [1.165, 1.54) is 44.2 Å². The van der Waals surface area contributed by atoms with Crippen molar-refractivity contribution in [2.75, 3.05) is 0 Å². The number of hydrogen-bond acceptors (Lipinski definition) is 5. The molecule has 0 saturated heterocycles. The number of benzene rings is 1. The second kappa shape index (κ2) is 14.5. The number of carbonyl (C=O) groups excluding carboxylic acids is 1. The first-order valence-electron chi connectivity index (χ1n) is 10.9. The highest BCUT2D eigenvalue weighted by atomic mass is 32.2. The summed E-state index contributed by atoms with van der Waals surface area (Å²) in [6.45, 7) is 6.02. The van der Waals surface area contributed by atoms with Crippen LogP contribution in [0.4, 0.5) is 0 Å². The summed E-state index contributed by atoms with van der Waals surface area (Å²) in [5.74, 6) is -0.159. The van der Waals surface area contributed by atoms with Gasteiger partial charge in [0, 0.05) is 11.8 Å².